The van der Waals surface area contributed by atoms with Crippen LogP contribution in [0.3, 0.4) is 0 Å². The minimum Gasteiger partial charge on any atom is -0.363 e. The molecule has 2 atom stereocenters. The van der Waals surface area contributed by atoms with E-state index in [1.54, 1.807) is 0 Å². The molecule has 0 bridgehead atoms. The molecule has 1 aliphatic carbocycles. The normalized spacial score (nSPS) is 30.6. The highest BCUT2D eigenvalue weighted by Gasteiger charge is 2.33. The Morgan fingerprint density at radius 2 is 2.22 bits per heavy atom. The summed E-state index contributed by atoms with van der Waals surface area (Å²) in [5, 5.41) is 6.17. The van der Waals surface area contributed by atoms with E-state index < -0.39 is 0 Å². The van der Waals surface area contributed by atoms with Gasteiger partial charge in [-0.15, -0.1) is 0 Å². The van der Waals surface area contributed by atoms with Gasteiger partial charge in [-0.1, -0.05) is 19.8 Å². The second-order valence-corrected chi connectivity index (χ2v) is 6.28. The molecule has 1 saturated carbocycles. The van der Waals surface area contributed by atoms with Gasteiger partial charge in [-0.25, -0.2) is 0 Å². The van der Waals surface area contributed by atoms with Crippen molar-refractivity contribution in [2.24, 2.45) is 11.8 Å². The third-order valence-corrected chi connectivity index (χ3v) is 4.18. The quantitative estimate of drug-likeness (QED) is 0.777. The lowest BCUT2D eigenvalue weighted by Crippen LogP contribution is -2.59. The van der Waals surface area contributed by atoms with Gasteiger partial charge in [-0.2, -0.15) is 0 Å². The highest BCUT2D eigenvalue weighted by molar-refractivity contribution is 5.77. The van der Waals surface area contributed by atoms with Gasteiger partial charge in [0.2, 0.25) is 5.91 Å². The summed E-state index contributed by atoms with van der Waals surface area (Å²) in [6, 6.07) is 0. The van der Waals surface area contributed by atoms with Crippen LogP contribution < -0.4 is 10.6 Å². The Hall–Kier alpha value is -0.610. The molecule has 0 spiro atoms. The minimum absolute atomic E-state index is 0.0290. The van der Waals surface area contributed by atoms with E-state index in [-0.39, 0.29) is 18.1 Å². The van der Waals surface area contributed by atoms with Crippen molar-refractivity contribution >= 4 is 5.91 Å². The first-order chi connectivity index (χ1) is 8.57. The van der Waals surface area contributed by atoms with Crippen LogP contribution in [0.1, 0.15) is 39.5 Å². The van der Waals surface area contributed by atoms with Gasteiger partial charge in [-0.05, 0) is 31.6 Å². The van der Waals surface area contributed by atoms with E-state index in [1.165, 1.54) is 25.7 Å². The van der Waals surface area contributed by atoms with Crippen LogP contribution in [0.5, 0.6) is 0 Å². The first-order valence-corrected chi connectivity index (χ1v) is 7.19. The van der Waals surface area contributed by atoms with E-state index in [0.717, 1.165) is 25.6 Å². The summed E-state index contributed by atoms with van der Waals surface area (Å²) < 4.78 is 5.61. The molecule has 0 aromatic rings. The van der Waals surface area contributed by atoms with Gasteiger partial charge in [0.05, 0.1) is 5.60 Å². The number of hydrogen-bond donors (Lipinski definition) is 2. The van der Waals surface area contributed by atoms with E-state index in [9.17, 15) is 4.79 Å². The Labute approximate surface area is 110 Å². The zero-order valence-electron chi connectivity index (χ0n) is 11.6. The van der Waals surface area contributed by atoms with Crippen molar-refractivity contribution in [1.29, 1.82) is 0 Å². The van der Waals surface area contributed by atoms with Crippen molar-refractivity contribution in [3.63, 3.8) is 0 Å². The summed E-state index contributed by atoms with van der Waals surface area (Å²) in [5.41, 5.74) is -0.128. The Morgan fingerprint density at radius 3 is 2.83 bits per heavy atom. The largest absolute Gasteiger partial charge is 0.363 e. The van der Waals surface area contributed by atoms with E-state index in [1.807, 2.05) is 6.92 Å². The van der Waals surface area contributed by atoms with Crippen LogP contribution in [-0.4, -0.2) is 37.7 Å². The van der Waals surface area contributed by atoms with Gasteiger partial charge in [0, 0.05) is 19.6 Å². The molecule has 18 heavy (non-hydrogen) atoms. The number of amides is 1. The molecule has 0 aromatic heterocycles. The highest BCUT2D eigenvalue weighted by atomic mass is 16.5. The van der Waals surface area contributed by atoms with Crippen LogP contribution in [0.15, 0.2) is 0 Å². The maximum absolute atomic E-state index is 11.7. The van der Waals surface area contributed by atoms with Gasteiger partial charge in [0.25, 0.3) is 0 Å². The molecule has 104 valence electrons. The summed E-state index contributed by atoms with van der Waals surface area (Å²) in [4.78, 5) is 11.7. The Kier molecular flexibility index (Phi) is 4.62. The molecule has 1 saturated heterocycles. The second kappa shape index (κ2) is 6.02. The maximum atomic E-state index is 11.7. The lowest BCUT2D eigenvalue weighted by atomic mass is 9.82. The highest BCUT2D eigenvalue weighted by Crippen LogP contribution is 2.27. The van der Waals surface area contributed by atoms with Crippen molar-refractivity contribution in [1.82, 2.24) is 10.6 Å². The second-order valence-electron chi connectivity index (χ2n) is 6.28. The molecule has 2 unspecified atom stereocenters. The van der Waals surface area contributed by atoms with Gasteiger partial charge in [0.15, 0.2) is 0 Å². The van der Waals surface area contributed by atoms with Gasteiger partial charge in [0.1, 0.15) is 6.61 Å². The predicted octanol–water partition coefficient (Wildman–Crippen LogP) is 1.31. The van der Waals surface area contributed by atoms with Gasteiger partial charge >= 0.3 is 0 Å². The van der Waals surface area contributed by atoms with Crippen LogP contribution in [0, 0.1) is 11.8 Å². The number of nitrogens with one attached hydrogen (secondary N) is 2. The SMILES string of the molecule is CC1CCCC(CNC(=O)COC2(C)CNC2)C1. The van der Waals surface area contributed by atoms with E-state index >= 15 is 0 Å². The van der Waals surface area contributed by atoms with Crippen molar-refractivity contribution < 1.29 is 9.53 Å². The van der Waals surface area contributed by atoms with Gasteiger partial charge < -0.3 is 15.4 Å². The fourth-order valence-corrected chi connectivity index (χ4v) is 2.87. The summed E-state index contributed by atoms with van der Waals surface area (Å²) in [6.45, 7) is 7.06. The number of carbonyl (C=O) groups excluding carboxylic acids is 1. The Morgan fingerprint density at radius 1 is 1.44 bits per heavy atom. The number of carbonyl (C=O) groups is 1. The van der Waals surface area contributed by atoms with Crippen molar-refractivity contribution in [2.75, 3.05) is 26.2 Å². The third-order valence-electron chi connectivity index (χ3n) is 4.18. The lowest BCUT2D eigenvalue weighted by molar-refractivity contribution is -0.136. The van der Waals surface area contributed by atoms with Gasteiger partial charge in [-0.3, -0.25) is 4.79 Å². The van der Waals surface area contributed by atoms with E-state index in [4.69, 9.17) is 4.74 Å². The fraction of sp³-hybridized carbons (Fsp3) is 0.929. The summed E-state index contributed by atoms with van der Waals surface area (Å²) >= 11 is 0. The van der Waals surface area contributed by atoms with E-state index in [0.29, 0.717) is 5.92 Å². The summed E-state index contributed by atoms with van der Waals surface area (Å²) in [5.74, 6) is 1.51. The van der Waals surface area contributed by atoms with Crippen molar-refractivity contribution in [3.05, 3.63) is 0 Å². The van der Waals surface area contributed by atoms with Crippen LogP contribution in [0.4, 0.5) is 0 Å². The fourth-order valence-electron chi connectivity index (χ4n) is 2.87. The van der Waals surface area contributed by atoms with Crippen LogP contribution in [-0.2, 0) is 9.53 Å². The first kappa shape index (κ1) is 13.8. The average Bonchev–Trinajstić information content (AvgIpc) is 2.31. The standard InChI is InChI=1S/C14H26N2O2/c1-11-4-3-5-12(6-11)7-16-13(17)8-18-14(2)9-15-10-14/h11-12,15H,3-10H2,1-2H3,(H,16,17). The molecule has 0 radical (unpaired) electrons. The smallest absolute Gasteiger partial charge is 0.246 e. The van der Waals surface area contributed by atoms with Crippen LogP contribution >= 0.6 is 0 Å². The minimum atomic E-state index is -0.128. The average molecular weight is 254 g/mol. The molecule has 2 aliphatic rings. The molecule has 2 rings (SSSR count). The molecule has 4 nitrogen and oxygen atoms in total. The third kappa shape index (κ3) is 3.95. The number of hydrogen-bond acceptors (Lipinski definition) is 3. The monoisotopic (exact) mass is 254 g/mol. The molecule has 2 fully saturated rings. The van der Waals surface area contributed by atoms with Crippen molar-refractivity contribution in [3.8, 4) is 0 Å². The molecule has 1 amide bonds. The lowest BCUT2D eigenvalue weighted by Gasteiger charge is -2.38. The molecule has 4 heteroatoms. The molecule has 1 aliphatic heterocycles. The van der Waals surface area contributed by atoms with E-state index in [2.05, 4.69) is 17.6 Å². The molecule has 0 aromatic carbocycles. The zero-order chi connectivity index (χ0) is 13.0. The topological polar surface area (TPSA) is 50.4 Å². The molecular formula is C14H26N2O2. The summed E-state index contributed by atoms with van der Waals surface area (Å²) in [7, 11) is 0. The number of ether oxygens (including phenoxy) is 1. The summed E-state index contributed by atoms with van der Waals surface area (Å²) in [6.07, 6.45) is 5.16. The first-order valence-electron chi connectivity index (χ1n) is 7.19. The Bertz CT molecular complexity index is 290. The number of rotatable bonds is 5. The van der Waals surface area contributed by atoms with Crippen molar-refractivity contribution in [2.45, 2.75) is 45.1 Å². The Balaban J connectivity index is 1.59. The molecule has 1 heterocycles. The predicted molar refractivity (Wildman–Crippen MR) is 71.4 cm³/mol. The molecule has 2 N–H and O–H groups in total. The maximum Gasteiger partial charge on any atom is 0.246 e. The van der Waals surface area contributed by atoms with Crippen LogP contribution in [0.2, 0.25) is 0 Å². The van der Waals surface area contributed by atoms with Crippen LogP contribution in [0.25, 0.3) is 0 Å². The molecular weight excluding hydrogens is 228 g/mol. The zero-order valence-corrected chi connectivity index (χ0v) is 11.6.